The molecule has 1 amide bonds. The number of aromatic nitrogens is 1. The van der Waals surface area contributed by atoms with Gasteiger partial charge in [0.2, 0.25) is 0 Å². The third-order valence-electron chi connectivity index (χ3n) is 3.02. The molecule has 1 aromatic heterocycles. The number of carbonyl (C=O) groups is 1. The van der Waals surface area contributed by atoms with Gasteiger partial charge in [-0.2, -0.15) is 0 Å². The van der Waals surface area contributed by atoms with E-state index in [9.17, 15) is 4.79 Å². The summed E-state index contributed by atoms with van der Waals surface area (Å²) in [4.78, 5) is 16.1. The van der Waals surface area contributed by atoms with Crippen molar-refractivity contribution in [3.63, 3.8) is 0 Å². The number of nitrogen functional groups attached to an aromatic ring is 1. The molecule has 1 unspecified atom stereocenters. The number of nitrogens with one attached hydrogen (secondary N) is 2. The fraction of sp³-hybridized carbons (Fsp3) is 0.500. The topological polar surface area (TPSA) is 89.3 Å². The van der Waals surface area contributed by atoms with Gasteiger partial charge in [-0.15, -0.1) is 0 Å². The molecule has 6 nitrogen and oxygen atoms in total. The predicted octanol–water partition coefficient (Wildman–Crippen LogP) is 0.666. The van der Waals surface area contributed by atoms with E-state index in [1.807, 2.05) is 6.92 Å². The molecule has 1 aliphatic heterocycles. The summed E-state index contributed by atoms with van der Waals surface area (Å²) in [5.74, 6) is 5.59. The van der Waals surface area contributed by atoms with E-state index >= 15 is 0 Å². The van der Waals surface area contributed by atoms with Crippen LogP contribution in [0.3, 0.4) is 0 Å². The van der Waals surface area contributed by atoms with E-state index in [1.54, 1.807) is 18.3 Å². The maximum atomic E-state index is 12.1. The second kappa shape index (κ2) is 5.32. The Morgan fingerprint density at radius 3 is 3.11 bits per heavy atom. The molecular weight excluding hydrogens is 232 g/mol. The number of carbonyl (C=O) groups excluding carboxylic acids is 1. The van der Waals surface area contributed by atoms with Crippen LogP contribution in [0.5, 0.6) is 0 Å². The Balaban J connectivity index is 2.06. The van der Waals surface area contributed by atoms with Gasteiger partial charge >= 0.3 is 0 Å². The van der Waals surface area contributed by atoms with E-state index in [4.69, 9.17) is 10.6 Å². The maximum absolute atomic E-state index is 12.1. The molecule has 6 heteroatoms. The second-order valence-electron chi connectivity index (χ2n) is 4.75. The summed E-state index contributed by atoms with van der Waals surface area (Å²) in [6.45, 7) is 3.31. The minimum atomic E-state index is -0.297. The zero-order valence-electron chi connectivity index (χ0n) is 10.4. The SMILES string of the molecule is CC1(NC(=O)c2ccnc(NN)c2)CCCOC1. The first kappa shape index (κ1) is 12.8. The fourth-order valence-corrected chi connectivity index (χ4v) is 2.03. The molecule has 2 heterocycles. The van der Waals surface area contributed by atoms with Crippen LogP contribution in [0.15, 0.2) is 18.3 Å². The maximum Gasteiger partial charge on any atom is 0.251 e. The van der Waals surface area contributed by atoms with Crippen LogP contribution in [0.4, 0.5) is 5.82 Å². The third kappa shape index (κ3) is 2.96. The van der Waals surface area contributed by atoms with Gasteiger partial charge in [0.05, 0.1) is 12.1 Å². The minimum absolute atomic E-state index is 0.137. The van der Waals surface area contributed by atoms with Gasteiger partial charge in [0.15, 0.2) is 0 Å². The van der Waals surface area contributed by atoms with Gasteiger partial charge in [-0.3, -0.25) is 4.79 Å². The molecule has 1 atom stereocenters. The van der Waals surface area contributed by atoms with Gasteiger partial charge in [-0.1, -0.05) is 0 Å². The van der Waals surface area contributed by atoms with Gasteiger partial charge < -0.3 is 15.5 Å². The first-order chi connectivity index (χ1) is 8.63. The highest BCUT2D eigenvalue weighted by Gasteiger charge is 2.29. The van der Waals surface area contributed by atoms with E-state index in [0.717, 1.165) is 19.4 Å². The standard InChI is InChI=1S/C12H18N4O2/c1-12(4-2-6-18-8-12)15-11(17)9-3-5-14-10(7-9)16-13/h3,5,7H,2,4,6,8,13H2,1H3,(H,14,16)(H,15,17). The van der Waals surface area contributed by atoms with Crippen LogP contribution >= 0.6 is 0 Å². The number of hydrazine groups is 1. The van der Waals surface area contributed by atoms with Crippen molar-refractivity contribution in [2.24, 2.45) is 5.84 Å². The van der Waals surface area contributed by atoms with Crippen molar-refractivity contribution in [2.75, 3.05) is 18.6 Å². The molecule has 98 valence electrons. The lowest BCUT2D eigenvalue weighted by molar-refractivity contribution is 0.0272. The first-order valence-corrected chi connectivity index (χ1v) is 5.96. The molecule has 4 N–H and O–H groups in total. The van der Waals surface area contributed by atoms with Gasteiger partial charge in [0, 0.05) is 18.4 Å². The van der Waals surface area contributed by atoms with Gasteiger partial charge in [0.1, 0.15) is 5.82 Å². The number of rotatable bonds is 3. The molecular formula is C12H18N4O2. The number of anilines is 1. The van der Waals surface area contributed by atoms with Crippen LogP contribution < -0.4 is 16.6 Å². The molecule has 0 aromatic carbocycles. The molecule has 2 rings (SSSR count). The largest absolute Gasteiger partial charge is 0.379 e. The summed E-state index contributed by atoms with van der Waals surface area (Å²) in [5.41, 5.74) is 2.66. The summed E-state index contributed by atoms with van der Waals surface area (Å²) in [6.07, 6.45) is 3.43. The number of ether oxygens (including phenoxy) is 1. The summed E-state index contributed by atoms with van der Waals surface area (Å²) >= 11 is 0. The van der Waals surface area contributed by atoms with Crippen LogP contribution in [0.2, 0.25) is 0 Å². The molecule has 1 saturated heterocycles. The minimum Gasteiger partial charge on any atom is -0.379 e. The lowest BCUT2D eigenvalue weighted by atomic mass is 9.94. The average Bonchev–Trinajstić information content (AvgIpc) is 2.39. The van der Waals surface area contributed by atoms with Crippen molar-refractivity contribution < 1.29 is 9.53 Å². The highest BCUT2D eigenvalue weighted by Crippen LogP contribution is 2.19. The van der Waals surface area contributed by atoms with E-state index < -0.39 is 0 Å². The monoisotopic (exact) mass is 250 g/mol. The van der Waals surface area contributed by atoms with Crippen LogP contribution in [0.25, 0.3) is 0 Å². The third-order valence-corrected chi connectivity index (χ3v) is 3.02. The van der Waals surface area contributed by atoms with Crippen molar-refractivity contribution in [1.82, 2.24) is 10.3 Å². The Hall–Kier alpha value is -1.66. The Morgan fingerprint density at radius 1 is 1.61 bits per heavy atom. The smallest absolute Gasteiger partial charge is 0.251 e. The summed E-state index contributed by atoms with van der Waals surface area (Å²) in [5, 5.41) is 3.00. The quantitative estimate of drug-likeness (QED) is 0.542. The summed E-state index contributed by atoms with van der Waals surface area (Å²) in [7, 11) is 0. The normalized spacial score (nSPS) is 23.4. The molecule has 18 heavy (non-hydrogen) atoms. The van der Waals surface area contributed by atoms with E-state index in [-0.39, 0.29) is 11.4 Å². The number of nitrogens with two attached hydrogens (primary N) is 1. The van der Waals surface area contributed by atoms with Crippen molar-refractivity contribution in [1.29, 1.82) is 0 Å². The Labute approximate surface area is 106 Å². The second-order valence-corrected chi connectivity index (χ2v) is 4.75. The molecule has 0 spiro atoms. The number of amides is 1. The predicted molar refractivity (Wildman–Crippen MR) is 68.0 cm³/mol. The zero-order chi connectivity index (χ0) is 13.0. The zero-order valence-corrected chi connectivity index (χ0v) is 10.4. The van der Waals surface area contributed by atoms with Gasteiger partial charge in [-0.05, 0) is 31.9 Å². The van der Waals surface area contributed by atoms with Crippen LogP contribution in [-0.2, 0) is 4.74 Å². The lowest BCUT2D eigenvalue weighted by Crippen LogP contribution is -2.51. The van der Waals surface area contributed by atoms with E-state index in [2.05, 4.69) is 15.7 Å². The summed E-state index contributed by atoms with van der Waals surface area (Å²) in [6, 6.07) is 3.27. The summed E-state index contributed by atoms with van der Waals surface area (Å²) < 4.78 is 5.41. The van der Waals surface area contributed by atoms with Gasteiger partial charge in [-0.25, -0.2) is 10.8 Å². The number of hydrogen-bond acceptors (Lipinski definition) is 5. The van der Waals surface area contributed by atoms with E-state index in [0.29, 0.717) is 18.0 Å². The molecule has 0 saturated carbocycles. The molecule has 0 radical (unpaired) electrons. The molecule has 0 aliphatic carbocycles. The van der Waals surface area contributed by atoms with Gasteiger partial charge in [0.25, 0.3) is 5.91 Å². The van der Waals surface area contributed by atoms with Crippen LogP contribution in [-0.4, -0.2) is 29.6 Å². The van der Waals surface area contributed by atoms with Crippen LogP contribution in [0, 0.1) is 0 Å². The molecule has 0 bridgehead atoms. The molecule has 1 aliphatic rings. The molecule has 1 fully saturated rings. The van der Waals surface area contributed by atoms with Crippen molar-refractivity contribution >= 4 is 11.7 Å². The highest BCUT2D eigenvalue weighted by molar-refractivity contribution is 5.95. The van der Waals surface area contributed by atoms with Crippen molar-refractivity contribution in [3.05, 3.63) is 23.9 Å². The Bertz CT molecular complexity index is 430. The number of nitrogens with zero attached hydrogens (tertiary/aromatic N) is 1. The van der Waals surface area contributed by atoms with Crippen molar-refractivity contribution in [3.8, 4) is 0 Å². The van der Waals surface area contributed by atoms with E-state index in [1.165, 1.54) is 0 Å². The van der Waals surface area contributed by atoms with Crippen LogP contribution in [0.1, 0.15) is 30.1 Å². The Kier molecular flexibility index (Phi) is 3.78. The Morgan fingerprint density at radius 2 is 2.44 bits per heavy atom. The molecule has 1 aromatic rings. The fourth-order valence-electron chi connectivity index (χ4n) is 2.03. The first-order valence-electron chi connectivity index (χ1n) is 5.96. The number of hydrogen-bond donors (Lipinski definition) is 3. The average molecular weight is 250 g/mol. The highest BCUT2D eigenvalue weighted by atomic mass is 16.5. The number of pyridine rings is 1. The van der Waals surface area contributed by atoms with Crippen molar-refractivity contribution in [2.45, 2.75) is 25.3 Å². The lowest BCUT2D eigenvalue weighted by Gasteiger charge is -2.34.